The zero-order valence-corrected chi connectivity index (χ0v) is 10.6. The van der Waals surface area contributed by atoms with Crippen molar-refractivity contribution in [1.29, 1.82) is 0 Å². The Balaban J connectivity index is 2.15. The lowest BCUT2D eigenvalue weighted by atomic mass is 9.99. The number of nitrogens with one attached hydrogen (secondary N) is 1. The van der Waals surface area contributed by atoms with Crippen molar-refractivity contribution >= 4 is 5.91 Å². The summed E-state index contributed by atoms with van der Waals surface area (Å²) in [4.78, 5) is 11.5. The van der Waals surface area contributed by atoms with Gasteiger partial charge in [-0.1, -0.05) is 0 Å². The Morgan fingerprint density at radius 2 is 2.25 bits per heavy atom. The Bertz CT molecular complexity index is 236. The van der Waals surface area contributed by atoms with Crippen LogP contribution < -0.4 is 11.1 Å². The van der Waals surface area contributed by atoms with Gasteiger partial charge in [0.1, 0.15) is 0 Å². The summed E-state index contributed by atoms with van der Waals surface area (Å²) >= 11 is 0. The summed E-state index contributed by atoms with van der Waals surface area (Å²) < 4.78 is 5.44. The molecule has 1 fully saturated rings. The summed E-state index contributed by atoms with van der Waals surface area (Å²) in [6.45, 7) is 7.48. The minimum atomic E-state index is -0.263. The molecule has 0 radical (unpaired) electrons. The Labute approximate surface area is 97.9 Å². The van der Waals surface area contributed by atoms with Crippen LogP contribution in [0.15, 0.2) is 0 Å². The van der Waals surface area contributed by atoms with Crippen LogP contribution >= 0.6 is 0 Å². The lowest BCUT2D eigenvalue weighted by Crippen LogP contribution is -2.36. The highest BCUT2D eigenvalue weighted by Gasteiger charge is 2.24. The van der Waals surface area contributed by atoms with Crippen LogP contribution in [0.25, 0.3) is 0 Å². The summed E-state index contributed by atoms with van der Waals surface area (Å²) in [7, 11) is 0. The van der Waals surface area contributed by atoms with Gasteiger partial charge in [0.2, 0.25) is 5.91 Å². The molecule has 0 aromatic rings. The predicted molar refractivity (Wildman–Crippen MR) is 64.0 cm³/mol. The smallest absolute Gasteiger partial charge is 0.220 e. The van der Waals surface area contributed by atoms with Gasteiger partial charge in [0, 0.05) is 31.0 Å². The van der Waals surface area contributed by atoms with Crippen molar-refractivity contribution in [2.45, 2.75) is 51.7 Å². The number of ether oxygens (including phenoxy) is 1. The number of amides is 1. The van der Waals surface area contributed by atoms with E-state index >= 15 is 0 Å². The SMILES string of the molecule is CC1OCCC1CNC(=O)CCC(C)(C)N. The fourth-order valence-corrected chi connectivity index (χ4v) is 1.81. The van der Waals surface area contributed by atoms with Gasteiger partial charge < -0.3 is 15.8 Å². The third-order valence-corrected chi connectivity index (χ3v) is 3.09. The van der Waals surface area contributed by atoms with E-state index in [1.807, 2.05) is 13.8 Å². The molecule has 0 spiro atoms. The molecule has 0 saturated carbocycles. The minimum absolute atomic E-state index is 0.0950. The second-order valence-corrected chi connectivity index (χ2v) is 5.42. The van der Waals surface area contributed by atoms with Crippen molar-refractivity contribution < 1.29 is 9.53 Å². The zero-order valence-electron chi connectivity index (χ0n) is 10.6. The van der Waals surface area contributed by atoms with Crippen LogP contribution in [0.1, 0.15) is 40.0 Å². The molecule has 1 heterocycles. The van der Waals surface area contributed by atoms with Crippen LogP contribution in [0, 0.1) is 5.92 Å². The van der Waals surface area contributed by atoms with E-state index in [4.69, 9.17) is 10.5 Å². The number of nitrogens with two attached hydrogens (primary N) is 1. The van der Waals surface area contributed by atoms with E-state index in [9.17, 15) is 4.79 Å². The summed E-state index contributed by atoms with van der Waals surface area (Å²) in [6, 6.07) is 0. The van der Waals surface area contributed by atoms with E-state index < -0.39 is 0 Å². The zero-order chi connectivity index (χ0) is 12.2. The highest BCUT2D eigenvalue weighted by Crippen LogP contribution is 2.19. The standard InChI is InChI=1S/C12H24N2O2/c1-9-10(5-7-16-9)8-14-11(15)4-6-12(2,3)13/h9-10H,4-8,13H2,1-3H3,(H,14,15). The molecule has 4 heteroatoms. The molecule has 2 atom stereocenters. The lowest BCUT2D eigenvalue weighted by Gasteiger charge is -2.19. The van der Waals surface area contributed by atoms with Gasteiger partial charge in [0.05, 0.1) is 6.10 Å². The molecule has 4 nitrogen and oxygen atoms in total. The molecule has 0 aromatic heterocycles. The Morgan fingerprint density at radius 1 is 1.56 bits per heavy atom. The molecule has 2 unspecified atom stereocenters. The minimum Gasteiger partial charge on any atom is -0.378 e. The monoisotopic (exact) mass is 228 g/mol. The maximum absolute atomic E-state index is 11.5. The molecular weight excluding hydrogens is 204 g/mol. The summed E-state index contributed by atoms with van der Waals surface area (Å²) in [5.74, 6) is 0.562. The van der Waals surface area contributed by atoms with Crippen molar-refractivity contribution in [2.75, 3.05) is 13.2 Å². The second-order valence-electron chi connectivity index (χ2n) is 5.42. The van der Waals surface area contributed by atoms with Gasteiger partial charge in [0.25, 0.3) is 0 Å². The van der Waals surface area contributed by atoms with Crippen LogP contribution in [0.4, 0.5) is 0 Å². The molecule has 1 amide bonds. The van der Waals surface area contributed by atoms with Crippen LogP contribution in [0.5, 0.6) is 0 Å². The normalized spacial score (nSPS) is 25.8. The van der Waals surface area contributed by atoms with E-state index in [1.54, 1.807) is 0 Å². The van der Waals surface area contributed by atoms with Gasteiger partial charge in [-0.3, -0.25) is 4.79 Å². The third kappa shape index (κ3) is 4.94. The number of rotatable bonds is 5. The molecular formula is C12H24N2O2. The Hall–Kier alpha value is -0.610. The molecule has 16 heavy (non-hydrogen) atoms. The number of carbonyl (C=O) groups excluding carboxylic acids is 1. The van der Waals surface area contributed by atoms with Crippen molar-refractivity contribution in [2.24, 2.45) is 11.7 Å². The van der Waals surface area contributed by atoms with Gasteiger partial charge in [-0.05, 0) is 33.6 Å². The first kappa shape index (κ1) is 13.5. The molecule has 3 N–H and O–H groups in total. The maximum Gasteiger partial charge on any atom is 0.220 e. The largest absolute Gasteiger partial charge is 0.378 e. The first-order chi connectivity index (χ1) is 7.38. The Morgan fingerprint density at radius 3 is 2.75 bits per heavy atom. The number of carbonyl (C=O) groups is 1. The molecule has 1 rings (SSSR count). The lowest BCUT2D eigenvalue weighted by molar-refractivity contribution is -0.121. The van der Waals surface area contributed by atoms with Crippen molar-refractivity contribution in [1.82, 2.24) is 5.32 Å². The van der Waals surface area contributed by atoms with Crippen LogP contribution in [0.3, 0.4) is 0 Å². The highest BCUT2D eigenvalue weighted by atomic mass is 16.5. The predicted octanol–water partition coefficient (Wildman–Crippen LogP) is 1.05. The van der Waals surface area contributed by atoms with Crippen molar-refractivity contribution in [3.05, 3.63) is 0 Å². The van der Waals surface area contributed by atoms with E-state index in [0.717, 1.165) is 26.0 Å². The van der Waals surface area contributed by atoms with E-state index in [2.05, 4.69) is 12.2 Å². The topological polar surface area (TPSA) is 64.3 Å². The molecule has 0 bridgehead atoms. The fourth-order valence-electron chi connectivity index (χ4n) is 1.81. The first-order valence-electron chi connectivity index (χ1n) is 6.06. The van der Waals surface area contributed by atoms with E-state index in [0.29, 0.717) is 12.3 Å². The molecule has 1 aliphatic heterocycles. The average Bonchev–Trinajstić information content (AvgIpc) is 2.57. The van der Waals surface area contributed by atoms with E-state index in [1.165, 1.54) is 0 Å². The molecule has 94 valence electrons. The van der Waals surface area contributed by atoms with Gasteiger partial charge >= 0.3 is 0 Å². The number of hydrogen-bond acceptors (Lipinski definition) is 3. The fraction of sp³-hybridized carbons (Fsp3) is 0.917. The van der Waals surface area contributed by atoms with Gasteiger partial charge in [-0.2, -0.15) is 0 Å². The van der Waals surface area contributed by atoms with Crippen LogP contribution in [0.2, 0.25) is 0 Å². The average molecular weight is 228 g/mol. The molecule has 1 saturated heterocycles. The Kier molecular flexibility index (Phi) is 4.74. The van der Waals surface area contributed by atoms with Crippen molar-refractivity contribution in [3.8, 4) is 0 Å². The summed E-state index contributed by atoms with van der Waals surface area (Å²) in [5, 5.41) is 2.95. The quantitative estimate of drug-likeness (QED) is 0.739. The number of hydrogen-bond donors (Lipinski definition) is 2. The molecule has 0 aromatic carbocycles. The van der Waals surface area contributed by atoms with Crippen LogP contribution in [-0.4, -0.2) is 30.7 Å². The molecule has 1 aliphatic rings. The highest BCUT2D eigenvalue weighted by molar-refractivity contribution is 5.75. The molecule has 0 aliphatic carbocycles. The first-order valence-corrected chi connectivity index (χ1v) is 6.06. The second kappa shape index (κ2) is 5.64. The van der Waals surface area contributed by atoms with Gasteiger partial charge in [0.15, 0.2) is 0 Å². The summed E-state index contributed by atoms with van der Waals surface area (Å²) in [5.41, 5.74) is 5.56. The third-order valence-electron chi connectivity index (χ3n) is 3.09. The van der Waals surface area contributed by atoms with Gasteiger partial charge in [-0.15, -0.1) is 0 Å². The van der Waals surface area contributed by atoms with Crippen LogP contribution in [-0.2, 0) is 9.53 Å². The maximum atomic E-state index is 11.5. The van der Waals surface area contributed by atoms with Crippen molar-refractivity contribution in [3.63, 3.8) is 0 Å². The van der Waals surface area contributed by atoms with Gasteiger partial charge in [-0.25, -0.2) is 0 Å². The summed E-state index contributed by atoms with van der Waals surface area (Å²) in [6.07, 6.45) is 2.54. The van der Waals surface area contributed by atoms with E-state index in [-0.39, 0.29) is 17.6 Å².